The van der Waals surface area contributed by atoms with Crippen molar-refractivity contribution >= 4 is 21.6 Å². The molecule has 1 saturated heterocycles. The molecule has 1 aliphatic rings. The van der Waals surface area contributed by atoms with E-state index in [0.29, 0.717) is 24.6 Å². The molecule has 6 nitrogen and oxygen atoms in total. The Labute approximate surface area is 159 Å². The van der Waals surface area contributed by atoms with Gasteiger partial charge < -0.3 is 4.90 Å². The molecule has 1 unspecified atom stereocenters. The summed E-state index contributed by atoms with van der Waals surface area (Å²) in [4.78, 5) is 14.5. The van der Waals surface area contributed by atoms with Crippen LogP contribution < -0.4 is 4.72 Å². The highest BCUT2D eigenvalue weighted by atomic mass is 32.2. The van der Waals surface area contributed by atoms with Crippen LogP contribution in [0.2, 0.25) is 0 Å². The number of sulfonamides is 1. The van der Waals surface area contributed by atoms with Gasteiger partial charge in [0.2, 0.25) is 0 Å². The fraction of sp³-hybridized carbons (Fsp3) is 0.300. The molecule has 1 fully saturated rings. The standard InChI is InChI=1S/C20H21N3O3S/c1-15-6-5-11-23(14-15)20(24)16-8-4-9-18(12-16)27(25,26)22-19-10-3-2-7-17(19)13-21/h2-4,7-10,12,15,22H,5-6,11,14H2,1H3. The monoisotopic (exact) mass is 383 g/mol. The number of hydrogen-bond acceptors (Lipinski definition) is 4. The number of likely N-dealkylation sites (tertiary alicyclic amines) is 1. The first-order valence-electron chi connectivity index (χ1n) is 8.82. The van der Waals surface area contributed by atoms with Gasteiger partial charge in [0.25, 0.3) is 15.9 Å². The molecule has 0 bridgehead atoms. The van der Waals surface area contributed by atoms with Crippen LogP contribution in [0.25, 0.3) is 0 Å². The van der Waals surface area contributed by atoms with Crippen LogP contribution in [0.5, 0.6) is 0 Å². The van der Waals surface area contributed by atoms with Crippen LogP contribution in [-0.4, -0.2) is 32.3 Å². The first-order chi connectivity index (χ1) is 12.9. The fourth-order valence-corrected chi connectivity index (χ4v) is 4.35. The summed E-state index contributed by atoms with van der Waals surface area (Å²) in [5.74, 6) is 0.287. The lowest BCUT2D eigenvalue weighted by Crippen LogP contribution is -2.39. The molecule has 0 saturated carbocycles. The second-order valence-corrected chi connectivity index (χ2v) is 8.47. The van der Waals surface area contributed by atoms with Gasteiger partial charge in [-0.25, -0.2) is 8.42 Å². The molecule has 27 heavy (non-hydrogen) atoms. The third kappa shape index (κ3) is 4.29. The van der Waals surface area contributed by atoms with Gasteiger partial charge in [-0.3, -0.25) is 9.52 Å². The van der Waals surface area contributed by atoms with Gasteiger partial charge in [0.15, 0.2) is 0 Å². The number of nitrogens with zero attached hydrogens (tertiary/aromatic N) is 2. The topological polar surface area (TPSA) is 90.3 Å². The molecule has 140 valence electrons. The van der Waals surface area contributed by atoms with Crippen LogP contribution in [0.15, 0.2) is 53.4 Å². The zero-order valence-corrected chi connectivity index (χ0v) is 15.9. The molecular formula is C20H21N3O3S. The van der Waals surface area contributed by atoms with Gasteiger partial charge in [0.1, 0.15) is 6.07 Å². The number of amides is 1. The molecule has 0 aliphatic carbocycles. The summed E-state index contributed by atoms with van der Waals surface area (Å²) in [6.45, 7) is 3.48. The van der Waals surface area contributed by atoms with Crippen LogP contribution in [0, 0.1) is 17.2 Å². The van der Waals surface area contributed by atoms with Crippen LogP contribution in [0.4, 0.5) is 5.69 Å². The van der Waals surface area contributed by atoms with Crippen molar-refractivity contribution in [2.24, 2.45) is 5.92 Å². The Balaban J connectivity index is 1.86. The molecule has 1 aliphatic heterocycles. The van der Waals surface area contributed by atoms with E-state index in [1.54, 1.807) is 29.2 Å². The zero-order valence-electron chi connectivity index (χ0n) is 15.1. The third-order valence-electron chi connectivity index (χ3n) is 4.63. The maximum Gasteiger partial charge on any atom is 0.261 e. The molecule has 1 N–H and O–H groups in total. The summed E-state index contributed by atoms with van der Waals surface area (Å²) in [6.07, 6.45) is 2.05. The third-order valence-corrected chi connectivity index (χ3v) is 5.99. The number of carbonyl (C=O) groups is 1. The summed E-state index contributed by atoms with van der Waals surface area (Å²) in [7, 11) is -3.92. The van der Waals surface area contributed by atoms with Crippen molar-refractivity contribution in [1.82, 2.24) is 4.90 Å². The second kappa shape index (κ2) is 7.80. The fourth-order valence-electron chi connectivity index (χ4n) is 3.23. The predicted octanol–water partition coefficient (Wildman–Crippen LogP) is 3.23. The van der Waals surface area contributed by atoms with Crippen molar-refractivity contribution in [3.63, 3.8) is 0 Å². The van der Waals surface area contributed by atoms with E-state index < -0.39 is 10.0 Å². The van der Waals surface area contributed by atoms with E-state index in [4.69, 9.17) is 5.26 Å². The number of benzene rings is 2. The Kier molecular flexibility index (Phi) is 5.47. The van der Waals surface area contributed by atoms with Gasteiger partial charge in [-0.05, 0) is 49.1 Å². The minimum absolute atomic E-state index is 0.00819. The first kappa shape index (κ1) is 18.9. The Hall–Kier alpha value is -2.85. The maximum atomic E-state index is 12.8. The first-order valence-corrected chi connectivity index (χ1v) is 10.3. The van der Waals surface area contributed by atoms with Crippen molar-refractivity contribution in [1.29, 1.82) is 5.26 Å². The lowest BCUT2D eigenvalue weighted by atomic mass is 9.99. The average molecular weight is 383 g/mol. The van der Waals surface area contributed by atoms with Crippen molar-refractivity contribution in [3.8, 4) is 6.07 Å². The van der Waals surface area contributed by atoms with Crippen molar-refractivity contribution in [2.45, 2.75) is 24.7 Å². The molecule has 1 amide bonds. The van der Waals surface area contributed by atoms with Crippen molar-refractivity contribution in [2.75, 3.05) is 17.8 Å². The van der Waals surface area contributed by atoms with E-state index in [2.05, 4.69) is 11.6 Å². The van der Waals surface area contributed by atoms with E-state index in [1.807, 2.05) is 6.07 Å². The summed E-state index contributed by atoms with van der Waals surface area (Å²) in [6, 6.07) is 14.3. The molecule has 7 heteroatoms. The molecule has 2 aromatic carbocycles. The lowest BCUT2D eigenvalue weighted by molar-refractivity contribution is 0.0683. The summed E-state index contributed by atoms with van der Waals surface area (Å²) < 4.78 is 27.9. The highest BCUT2D eigenvalue weighted by Gasteiger charge is 2.24. The van der Waals surface area contributed by atoms with Gasteiger partial charge >= 0.3 is 0 Å². The van der Waals surface area contributed by atoms with Gasteiger partial charge in [0.05, 0.1) is 16.1 Å². The summed E-state index contributed by atoms with van der Waals surface area (Å²) >= 11 is 0. The molecule has 3 rings (SSSR count). The largest absolute Gasteiger partial charge is 0.338 e. The molecule has 0 spiro atoms. The predicted molar refractivity (Wildman–Crippen MR) is 103 cm³/mol. The van der Waals surface area contributed by atoms with E-state index in [1.165, 1.54) is 24.3 Å². The Morgan fingerprint density at radius 1 is 1.22 bits per heavy atom. The summed E-state index contributed by atoms with van der Waals surface area (Å²) in [5, 5.41) is 9.13. The Morgan fingerprint density at radius 2 is 2.00 bits per heavy atom. The van der Waals surface area contributed by atoms with E-state index in [-0.39, 0.29) is 22.1 Å². The van der Waals surface area contributed by atoms with Gasteiger partial charge in [-0.2, -0.15) is 5.26 Å². The molecular weight excluding hydrogens is 362 g/mol. The van der Waals surface area contributed by atoms with Crippen LogP contribution in [0.1, 0.15) is 35.7 Å². The molecule has 1 heterocycles. The van der Waals surface area contributed by atoms with E-state index >= 15 is 0 Å². The van der Waals surface area contributed by atoms with E-state index in [9.17, 15) is 13.2 Å². The minimum atomic E-state index is -3.92. The van der Waals surface area contributed by atoms with Gasteiger partial charge in [-0.15, -0.1) is 0 Å². The molecule has 1 atom stereocenters. The number of hydrogen-bond donors (Lipinski definition) is 1. The number of rotatable bonds is 4. The highest BCUT2D eigenvalue weighted by molar-refractivity contribution is 7.92. The molecule has 0 radical (unpaired) electrons. The Morgan fingerprint density at radius 3 is 2.74 bits per heavy atom. The number of anilines is 1. The Bertz CT molecular complexity index is 996. The SMILES string of the molecule is CC1CCCN(C(=O)c2cccc(S(=O)(=O)Nc3ccccc3C#N)c2)C1. The molecule has 2 aromatic rings. The van der Waals surface area contributed by atoms with Gasteiger partial charge in [-0.1, -0.05) is 25.1 Å². The number of nitriles is 1. The van der Waals surface area contributed by atoms with Gasteiger partial charge in [0, 0.05) is 18.7 Å². The van der Waals surface area contributed by atoms with Crippen LogP contribution in [-0.2, 0) is 10.0 Å². The smallest absolute Gasteiger partial charge is 0.261 e. The van der Waals surface area contributed by atoms with Crippen molar-refractivity contribution in [3.05, 3.63) is 59.7 Å². The normalized spacial score (nSPS) is 17.2. The average Bonchev–Trinajstić information content (AvgIpc) is 2.67. The van der Waals surface area contributed by atoms with Crippen molar-refractivity contribution < 1.29 is 13.2 Å². The maximum absolute atomic E-state index is 12.8. The zero-order chi connectivity index (χ0) is 19.4. The van der Waals surface area contributed by atoms with Crippen LogP contribution >= 0.6 is 0 Å². The number of para-hydroxylation sites is 1. The molecule has 0 aromatic heterocycles. The quantitative estimate of drug-likeness (QED) is 0.878. The minimum Gasteiger partial charge on any atom is -0.338 e. The number of carbonyl (C=O) groups excluding carboxylic acids is 1. The lowest BCUT2D eigenvalue weighted by Gasteiger charge is -2.31. The van der Waals surface area contributed by atoms with E-state index in [0.717, 1.165) is 12.8 Å². The highest BCUT2D eigenvalue weighted by Crippen LogP contribution is 2.22. The summed E-state index contributed by atoms with van der Waals surface area (Å²) in [5.41, 5.74) is 0.790. The number of nitrogens with one attached hydrogen (secondary N) is 1. The van der Waals surface area contributed by atoms with Crippen LogP contribution in [0.3, 0.4) is 0 Å². The second-order valence-electron chi connectivity index (χ2n) is 6.79. The number of piperidine rings is 1.